The van der Waals surface area contributed by atoms with E-state index >= 15 is 0 Å². The second-order valence-corrected chi connectivity index (χ2v) is 9.54. The molecule has 1 N–H and O–H groups in total. The molecule has 11 heteroatoms. The number of carbonyl (C=O) groups is 1. The van der Waals surface area contributed by atoms with Crippen molar-refractivity contribution in [2.75, 3.05) is 11.8 Å². The highest BCUT2D eigenvalue weighted by molar-refractivity contribution is 9.10. The topological polar surface area (TPSA) is 107 Å². The maximum atomic E-state index is 12.9. The predicted octanol–water partition coefficient (Wildman–Crippen LogP) is 3.78. The maximum Gasteiger partial charge on any atom is 0.348 e. The standard InChI is InChI=1S/C18H16BrN3O5S2/c1-11-8-13(17(23)26-2)28-18(11)29(24,25)22-15-16(21-14(19)9-20-15)27-10-12-6-4-3-5-7-12/h3-9H,10H2,1-2H3,(H,20,22). The third-order valence-electron chi connectivity index (χ3n) is 3.66. The molecule has 0 aliphatic carbocycles. The Labute approximate surface area is 180 Å². The number of methoxy groups -OCH3 is 1. The van der Waals surface area contributed by atoms with Gasteiger partial charge in [-0.1, -0.05) is 30.3 Å². The van der Waals surface area contributed by atoms with Gasteiger partial charge in [0.25, 0.3) is 15.9 Å². The maximum absolute atomic E-state index is 12.9. The number of esters is 1. The number of ether oxygens (including phenoxy) is 2. The highest BCUT2D eigenvalue weighted by Gasteiger charge is 2.25. The number of nitrogens with zero attached hydrogens (tertiary/aromatic N) is 2. The predicted molar refractivity (Wildman–Crippen MR) is 112 cm³/mol. The van der Waals surface area contributed by atoms with E-state index in [0.717, 1.165) is 16.9 Å². The summed E-state index contributed by atoms with van der Waals surface area (Å²) in [5.74, 6) is -0.638. The number of halogens is 1. The molecule has 0 amide bonds. The van der Waals surface area contributed by atoms with Gasteiger partial charge in [0.1, 0.15) is 20.3 Å². The number of benzene rings is 1. The van der Waals surface area contributed by atoms with Crippen molar-refractivity contribution in [2.24, 2.45) is 0 Å². The molecule has 2 aromatic heterocycles. The highest BCUT2D eigenvalue weighted by Crippen LogP contribution is 2.31. The third-order valence-corrected chi connectivity index (χ3v) is 7.24. The van der Waals surface area contributed by atoms with Crippen LogP contribution in [0.2, 0.25) is 0 Å². The Morgan fingerprint density at radius 2 is 2.00 bits per heavy atom. The van der Waals surface area contributed by atoms with Crippen LogP contribution in [-0.2, 0) is 21.4 Å². The van der Waals surface area contributed by atoms with Crippen LogP contribution in [-0.4, -0.2) is 31.5 Å². The molecule has 3 rings (SSSR count). The van der Waals surface area contributed by atoms with Crippen molar-refractivity contribution < 1.29 is 22.7 Å². The van der Waals surface area contributed by atoms with Crippen LogP contribution in [0.3, 0.4) is 0 Å². The molecule has 0 aliphatic rings. The van der Waals surface area contributed by atoms with E-state index in [0.29, 0.717) is 10.2 Å². The summed E-state index contributed by atoms with van der Waals surface area (Å²) in [6.07, 6.45) is 1.36. The Morgan fingerprint density at radius 3 is 2.69 bits per heavy atom. The smallest absolute Gasteiger partial charge is 0.348 e. The molecule has 0 saturated heterocycles. The molecular formula is C18H16BrN3O5S2. The molecule has 0 atom stereocenters. The van der Waals surface area contributed by atoms with E-state index in [9.17, 15) is 13.2 Å². The van der Waals surface area contributed by atoms with Crippen LogP contribution in [0.25, 0.3) is 0 Å². The number of aromatic nitrogens is 2. The summed E-state index contributed by atoms with van der Waals surface area (Å²) >= 11 is 4.02. The van der Waals surface area contributed by atoms with E-state index in [-0.39, 0.29) is 27.4 Å². The SMILES string of the molecule is COC(=O)c1cc(C)c(S(=O)(=O)Nc2ncc(Br)nc2OCc2ccccc2)s1. The number of rotatable bonds is 7. The molecule has 0 spiro atoms. The molecule has 8 nitrogen and oxygen atoms in total. The minimum absolute atomic E-state index is 0.0170. The van der Waals surface area contributed by atoms with Gasteiger partial charge in [0.05, 0.1) is 13.3 Å². The van der Waals surface area contributed by atoms with E-state index < -0.39 is 16.0 Å². The van der Waals surface area contributed by atoms with Gasteiger partial charge in [-0.3, -0.25) is 4.72 Å². The lowest BCUT2D eigenvalue weighted by Crippen LogP contribution is -2.15. The van der Waals surface area contributed by atoms with E-state index in [1.54, 1.807) is 6.92 Å². The molecule has 2 heterocycles. The van der Waals surface area contributed by atoms with E-state index in [4.69, 9.17) is 4.74 Å². The molecule has 0 radical (unpaired) electrons. The monoisotopic (exact) mass is 497 g/mol. The van der Waals surface area contributed by atoms with Crippen LogP contribution in [0.1, 0.15) is 20.8 Å². The summed E-state index contributed by atoms with van der Waals surface area (Å²) < 4.78 is 38.8. The van der Waals surface area contributed by atoms with Crippen LogP contribution in [0, 0.1) is 6.92 Å². The lowest BCUT2D eigenvalue weighted by atomic mass is 10.2. The fourth-order valence-corrected chi connectivity index (χ4v) is 5.24. The van der Waals surface area contributed by atoms with Crippen LogP contribution < -0.4 is 9.46 Å². The molecule has 0 saturated carbocycles. The van der Waals surface area contributed by atoms with Gasteiger partial charge in [-0.25, -0.2) is 23.2 Å². The van der Waals surface area contributed by atoms with Gasteiger partial charge in [0.15, 0.2) is 0 Å². The fourth-order valence-electron chi connectivity index (χ4n) is 2.36. The van der Waals surface area contributed by atoms with Crippen LogP contribution in [0.5, 0.6) is 5.88 Å². The first-order chi connectivity index (χ1) is 13.8. The van der Waals surface area contributed by atoms with Crippen molar-refractivity contribution in [2.45, 2.75) is 17.7 Å². The summed E-state index contributed by atoms with van der Waals surface area (Å²) in [6, 6.07) is 10.8. The molecule has 0 unspecified atom stereocenters. The second-order valence-electron chi connectivity index (χ2n) is 5.80. The largest absolute Gasteiger partial charge is 0.470 e. The first-order valence-electron chi connectivity index (χ1n) is 8.21. The van der Waals surface area contributed by atoms with Gasteiger partial charge in [-0.05, 0) is 40.0 Å². The zero-order chi connectivity index (χ0) is 21.0. The number of aryl methyl sites for hydroxylation is 1. The Kier molecular flexibility index (Phi) is 6.50. The van der Waals surface area contributed by atoms with Gasteiger partial charge in [0.2, 0.25) is 5.82 Å². The number of hydrogen-bond donors (Lipinski definition) is 1. The van der Waals surface area contributed by atoms with Crippen LogP contribution in [0.4, 0.5) is 5.82 Å². The Morgan fingerprint density at radius 1 is 1.28 bits per heavy atom. The van der Waals surface area contributed by atoms with Crippen molar-refractivity contribution in [3.05, 3.63) is 63.2 Å². The van der Waals surface area contributed by atoms with Gasteiger partial charge < -0.3 is 9.47 Å². The number of thiophene rings is 1. The average molecular weight is 498 g/mol. The highest BCUT2D eigenvalue weighted by atomic mass is 79.9. The molecule has 0 bridgehead atoms. The molecule has 1 aromatic carbocycles. The molecule has 29 heavy (non-hydrogen) atoms. The molecule has 0 fully saturated rings. The molecular weight excluding hydrogens is 482 g/mol. The lowest BCUT2D eigenvalue weighted by molar-refractivity contribution is 0.0606. The van der Waals surface area contributed by atoms with Crippen molar-refractivity contribution in [1.82, 2.24) is 9.97 Å². The van der Waals surface area contributed by atoms with Crippen molar-refractivity contribution in [1.29, 1.82) is 0 Å². The molecule has 3 aromatic rings. The number of anilines is 1. The quantitative estimate of drug-likeness (QED) is 0.494. The number of sulfonamides is 1. The summed E-state index contributed by atoms with van der Waals surface area (Å²) in [7, 11) is -2.79. The van der Waals surface area contributed by atoms with Gasteiger partial charge in [-0.15, -0.1) is 11.3 Å². The first kappa shape index (κ1) is 21.2. The van der Waals surface area contributed by atoms with Gasteiger partial charge >= 0.3 is 5.97 Å². The summed E-state index contributed by atoms with van der Waals surface area (Å²) in [5.41, 5.74) is 1.31. The first-order valence-corrected chi connectivity index (χ1v) is 11.3. The van der Waals surface area contributed by atoms with E-state index in [2.05, 4.69) is 35.4 Å². The van der Waals surface area contributed by atoms with Gasteiger partial charge in [-0.2, -0.15) is 0 Å². The number of nitrogens with one attached hydrogen (secondary N) is 1. The lowest BCUT2D eigenvalue weighted by Gasteiger charge is -2.12. The van der Waals surface area contributed by atoms with Crippen LogP contribution >= 0.6 is 27.3 Å². The third kappa shape index (κ3) is 5.11. The van der Waals surface area contributed by atoms with Crippen molar-refractivity contribution in [3.8, 4) is 5.88 Å². The fraction of sp³-hybridized carbons (Fsp3) is 0.167. The van der Waals surface area contributed by atoms with Crippen molar-refractivity contribution in [3.63, 3.8) is 0 Å². The summed E-state index contributed by atoms with van der Waals surface area (Å²) in [5, 5.41) is 0. The minimum atomic E-state index is -4.02. The Balaban J connectivity index is 1.87. The van der Waals surface area contributed by atoms with E-state index in [1.807, 2.05) is 30.3 Å². The van der Waals surface area contributed by atoms with Gasteiger partial charge in [0, 0.05) is 0 Å². The zero-order valence-corrected chi connectivity index (χ0v) is 18.6. The van der Waals surface area contributed by atoms with Crippen LogP contribution in [0.15, 0.2) is 51.4 Å². The summed E-state index contributed by atoms with van der Waals surface area (Å²) in [6.45, 7) is 1.78. The Hall–Kier alpha value is -2.50. The molecule has 152 valence electrons. The minimum Gasteiger partial charge on any atom is -0.470 e. The van der Waals surface area contributed by atoms with Crippen molar-refractivity contribution >= 4 is 49.1 Å². The zero-order valence-electron chi connectivity index (χ0n) is 15.4. The average Bonchev–Trinajstić information content (AvgIpc) is 3.11. The number of carbonyl (C=O) groups excluding carboxylic acids is 1. The van der Waals surface area contributed by atoms with E-state index in [1.165, 1.54) is 19.4 Å². The Bertz CT molecular complexity index is 1130. The number of hydrogen-bond acceptors (Lipinski definition) is 8. The summed E-state index contributed by atoms with van der Waals surface area (Å²) in [4.78, 5) is 20.1. The second kappa shape index (κ2) is 8.89. The molecule has 0 aliphatic heterocycles. The normalized spacial score (nSPS) is 11.1.